The number of carbonyl (C=O) groups excluding carboxylic acids is 1. The quantitative estimate of drug-likeness (QED) is 0.820. The van der Waals surface area contributed by atoms with Gasteiger partial charge in [-0.2, -0.15) is 15.4 Å². The summed E-state index contributed by atoms with van der Waals surface area (Å²) in [6.45, 7) is 3.40. The molecular weight excluding hydrogens is 272 g/mol. The maximum absolute atomic E-state index is 11.9. The van der Waals surface area contributed by atoms with E-state index in [-0.39, 0.29) is 11.6 Å². The van der Waals surface area contributed by atoms with Crippen LogP contribution in [0.4, 0.5) is 5.82 Å². The van der Waals surface area contributed by atoms with Crippen molar-refractivity contribution >= 4 is 11.7 Å². The van der Waals surface area contributed by atoms with Crippen molar-refractivity contribution < 1.29 is 9.53 Å². The molecule has 0 spiro atoms. The number of anilines is 1. The maximum Gasteiger partial charge on any atom is 0.273 e. The molecule has 2 N–H and O–H groups in total. The molecule has 1 saturated heterocycles. The molecule has 0 aliphatic carbocycles. The molecule has 0 atom stereocenters. The molecule has 2 aromatic heterocycles. The van der Waals surface area contributed by atoms with Gasteiger partial charge >= 0.3 is 0 Å². The van der Waals surface area contributed by atoms with Crippen molar-refractivity contribution in [3.05, 3.63) is 35.8 Å². The highest BCUT2D eigenvalue weighted by Crippen LogP contribution is 2.18. The number of hydrogen-bond acceptors (Lipinski definition) is 6. The summed E-state index contributed by atoms with van der Waals surface area (Å²) in [4.78, 5) is 18.5. The second kappa shape index (κ2) is 6.31. The van der Waals surface area contributed by atoms with Gasteiger partial charge in [0.25, 0.3) is 5.91 Å². The van der Waals surface area contributed by atoms with Crippen molar-refractivity contribution in [3.63, 3.8) is 0 Å². The average Bonchev–Trinajstić information content (AvgIpc) is 3.08. The molecular formula is C13H16N6O2. The second-order valence-electron chi connectivity index (χ2n) is 4.62. The van der Waals surface area contributed by atoms with E-state index in [0.717, 1.165) is 24.5 Å². The van der Waals surface area contributed by atoms with E-state index in [9.17, 15) is 4.79 Å². The number of pyridine rings is 1. The molecule has 1 amide bonds. The Hall–Kier alpha value is -2.48. The molecule has 0 unspecified atom stereocenters. The van der Waals surface area contributed by atoms with Gasteiger partial charge in [-0.05, 0) is 6.07 Å². The number of nitrogens with zero attached hydrogens (tertiary/aromatic N) is 4. The minimum Gasteiger partial charge on any atom is -0.378 e. The SMILES string of the molecule is O=C(NCc1cccnc1N1CCOCC1)c1cn[nH]n1. The van der Waals surface area contributed by atoms with Gasteiger partial charge in [0.1, 0.15) is 5.82 Å². The number of rotatable bonds is 4. The molecule has 1 aliphatic rings. The van der Waals surface area contributed by atoms with E-state index in [1.165, 1.54) is 6.20 Å². The zero-order valence-electron chi connectivity index (χ0n) is 11.5. The minimum absolute atomic E-state index is 0.263. The van der Waals surface area contributed by atoms with Crippen LogP contribution in [0.3, 0.4) is 0 Å². The number of hydrogen-bond donors (Lipinski definition) is 2. The normalized spacial score (nSPS) is 15.0. The zero-order valence-corrected chi connectivity index (χ0v) is 11.5. The van der Waals surface area contributed by atoms with Crippen LogP contribution in [0.25, 0.3) is 0 Å². The minimum atomic E-state index is -0.263. The molecule has 110 valence electrons. The molecule has 8 heteroatoms. The van der Waals surface area contributed by atoms with E-state index in [1.54, 1.807) is 6.20 Å². The van der Waals surface area contributed by atoms with Gasteiger partial charge in [-0.25, -0.2) is 4.98 Å². The van der Waals surface area contributed by atoms with Gasteiger partial charge in [0.05, 0.1) is 19.4 Å². The first-order valence-electron chi connectivity index (χ1n) is 6.75. The number of aromatic nitrogens is 4. The first kappa shape index (κ1) is 13.5. The molecule has 0 saturated carbocycles. The third kappa shape index (κ3) is 3.16. The summed E-state index contributed by atoms with van der Waals surface area (Å²) in [5.41, 5.74) is 1.24. The summed E-state index contributed by atoms with van der Waals surface area (Å²) in [7, 11) is 0. The number of carbonyl (C=O) groups is 1. The summed E-state index contributed by atoms with van der Waals surface area (Å²) in [6.07, 6.45) is 3.15. The summed E-state index contributed by atoms with van der Waals surface area (Å²) in [6, 6.07) is 3.82. The molecule has 1 fully saturated rings. The van der Waals surface area contributed by atoms with E-state index in [2.05, 4.69) is 30.6 Å². The van der Waals surface area contributed by atoms with E-state index >= 15 is 0 Å². The number of aromatic amines is 1. The summed E-state index contributed by atoms with van der Waals surface area (Å²) < 4.78 is 5.35. The Kier molecular flexibility index (Phi) is 4.06. The van der Waals surface area contributed by atoms with Gasteiger partial charge < -0.3 is 15.0 Å². The molecule has 0 aromatic carbocycles. The number of amides is 1. The van der Waals surface area contributed by atoms with Crippen molar-refractivity contribution in [2.24, 2.45) is 0 Å². The highest BCUT2D eigenvalue weighted by atomic mass is 16.5. The van der Waals surface area contributed by atoms with Crippen LogP contribution in [0.1, 0.15) is 16.1 Å². The van der Waals surface area contributed by atoms with Crippen molar-refractivity contribution in [2.45, 2.75) is 6.54 Å². The Balaban J connectivity index is 1.69. The number of ether oxygens (including phenoxy) is 1. The summed E-state index contributed by atoms with van der Waals surface area (Å²) >= 11 is 0. The third-order valence-electron chi connectivity index (χ3n) is 3.27. The van der Waals surface area contributed by atoms with E-state index in [4.69, 9.17) is 4.74 Å². The Morgan fingerprint density at radius 1 is 1.43 bits per heavy atom. The predicted molar refractivity (Wildman–Crippen MR) is 74.8 cm³/mol. The fourth-order valence-electron chi connectivity index (χ4n) is 2.21. The van der Waals surface area contributed by atoms with Crippen LogP contribution in [0.2, 0.25) is 0 Å². The van der Waals surface area contributed by atoms with Crippen molar-refractivity contribution in [1.29, 1.82) is 0 Å². The van der Waals surface area contributed by atoms with Crippen LogP contribution in [0.15, 0.2) is 24.5 Å². The first-order valence-corrected chi connectivity index (χ1v) is 6.75. The van der Waals surface area contributed by atoms with Crippen molar-refractivity contribution in [3.8, 4) is 0 Å². The lowest BCUT2D eigenvalue weighted by Gasteiger charge is -2.29. The molecule has 21 heavy (non-hydrogen) atoms. The molecule has 3 rings (SSSR count). The van der Waals surface area contributed by atoms with Gasteiger partial charge in [0.15, 0.2) is 5.69 Å². The standard InChI is InChI=1S/C13H16N6O2/c20-13(11-9-16-18-17-11)15-8-10-2-1-3-14-12(10)19-4-6-21-7-5-19/h1-3,9H,4-8H2,(H,15,20)(H,16,17,18). The Labute approximate surface area is 121 Å². The number of nitrogens with one attached hydrogen (secondary N) is 2. The lowest BCUT2D eigenvalue weighted by atomic mass is 10.2. The first-order chi connectivity index (χ1) is 10.3. The van der Waals surface area contributed by atoms with Gasteiger partial charge in [0.2, 0.25) is 0 Å². The topological polar surface area (TPSA) is 96.0 Å². The highest BCUT2D eigenvalue weighted by molar-refractivity contribution is 5.91. The summed E-state index contributed by atoms with van der Waals surface area (Å²) in [5, 5.41) is 12.6. The van der Waals surface area contributed by atoms with E-state index < -0.39 is 0 Å². The van der Waals surface area contributed by atoms with E-state index in [0.29, 0.717) is 19.8 Å². The van der Waals surface area contributed by atoms with Crippen LogP contribution < -0.4 is 10.2 Å². The van der Waals surface area contributed by atoms with Crippen molar-refractivity contribution in [2.75, 3.05) is 31.2 Å². The van der Waals surface area contributed by atoms with Gasteiger partial charge in [-0.1, -0.05) is 6.07 Å². The Morgan fingerprint density at radius 3 is 3.05 bits per heavy atom. The predicted octanol–water partition coefficient (Wildman–Crippen LogP) is -0.0337. The zero-order chi connectivity index (χ0) is 14.5. The fraction of sp³-hybridized carbons (Fsp3) is 0.385. The number of morpholine rings is 1. The molecule has 1 aliphatic heterocycles. The van der Waals surface area contributed by atoms with Crippen LogP contribution in [-0.2, 0) is 11.3 Å². The monoisotopic (exact) mass is 288 g/mol. The van der Waals surface area contributed by atoms with Crippen LogP contribution in [0, 0.1) is 0 Å². The van der Waals surface area contributed by atoms with Crippen LogP contribution >= 0.6 is 0 Å². The van der Waals surface area contributed by atoms with E-state index in [1.807, 2.05) is 12.1 Å². The Morgan fingerprint density at radius 2 is 2.29 bits per heavy atom. The largest absolute Gasteiger partial charge is 0.378 e. The highest BCUT2D eigenvalue weighted by Gasteiger charge is 2.16. The molecule has 3 heterocycles. The van der Waals surface area contributed by atoms with Crippen LogP contribution in [-0.4, -0.2) is 52.6 Å². The maximum atomic E-state index is 11.9. The lowest BCUT2D eigenvalue weighted by Crippen LogP contribution is -2.37. The number of H-pyrrole nitrogens is 1. The van der Waals surface area contributed by atoms with Gasteiger partial charge in [-0.3, -0.25) is 4.79 Å². The molecule has 8 nitrogen and oxygen atoms in total. The smallest absolute Gasteiger partial charge is 0.273 e. The molecule has 0 bridgehead atoms. The third-order valence-corrected chi connectivity index (χ3v) is 3.27. The summed E-state index contributed by atoms with van der Waals surface area (Å²) in [5.74, 6) is 0.627. The fourth-order valence-corrected chi connectivity index (χ4v) is 2.21. The Bertz CT molecular complexity index is 594. The molecule has 2 aromatic rings. The van der Waals surface area contributed by atoms with Crippen molar-refractivity contribution in [1.82, 2.24) is 25.7 Å². The van der Waals surface area contributed by atoms with Crippen LogP contribution in [0.5, 0.6) is 0 Å². The second-order valence-corrected chi connectivity index (χ2v) is 4.62. The molecule has 0 radical (unpaired) electrons. The van der Waals surface area contributed by atoms with Gasteiger partial charge in [0, 0.05) is 31.4 Å². The average molecular weight is 288 g/mol. The van der Waals surface area contributed by atoms with Gasteiger partial charge in [-0.15, -0.1) is 0 Å². The lowest BCUT2D eigenvalue weighted by molar-refractivity contribution is 0.0945.